The quantitative estimate of drug-likeness (QED) is 0.781. The fourth-order valence-corrected chi connectivity index (χ4v) is 5.59. The summed E-state index contributed by atoms with van der Waals surface area (Å²) in [6.45, 7) is 5.45. The first kappa shape index (κ1) is 23.1. The number of carbonyl (C=O) groups excluding carboxylic acids is 1. The molecule has 0 radical (unpaired) electrons. The average Bonchev–Trinajstić information content (AvgIpc) is 2.69. The third kappa shape index (κ3) is 5.06. The Labute approximate surface area is 175 Å². The molecule has 2 saturated heterocycles. The van der Waals surface area contributed by atoms with Gasteiger partial charge < -0.3 is 10.2 Å². The van der Waals surface area contributed by atoms with Gasteiger partial charge in [-0.05, 0) is 69.8 Å². The molecule has 8 heteroatoms. The molecular weight excluding hydrogens is 398 g/mol. The predicted octanol–water partition coefficient (Wildman–Crippen LogP) is 2.66. The van der Waals surface area contributed by atoms with Crippen molar-refractivity contribution < 1.29 is 13.2 Å². The second kappa shape index (κ2) is 10.1. The molecule has 0 bridgehead atoms. The number of carbonyl (C=O) groups is 1. The lowest BCUT2D eigenvalue weighted by Crippen LogP contribution is -2.40. The summed E-state index contributed by atoms with van der Waals surface area (Å²) >= 11 is 0. The Morgan fingerprint density at radius 3 is 2.36 bits per heavy atom. The number of nitrogens with one attached hydrogen (secondary N) is 1. The van der Waals surface area contributed by atoms with Crippen LogP contribution in [0.1, 0.15) is 48.0 Å². The Kier molecular flexibility index (Phi) is 8.30. The van der Waals surface area contributed by atoms with Crippen molar-refractivity contribution in [3.63, 3.8) is 0 Å². The molecule has 2 aliphatic rings. The number of likely N-dealkylation sites (tertiary alicyclic amines) is 1. The number of aryl methyl sites for hydroxylation is 1. The Morgan fingerprint density at radius 1 is 1.11 bits per heavy atom. The van der Waals surface area contributed by atoms with Gasteiger partial charge in [0, 0.05) is 31.7 Å². The van der Waals surface area contributed by atoms with E-state index in [0.717, 1.165) is 57.3 Å². The van der Waals surface area contributed by atoms with Gasteiger partial charge in [-0.3, -0.25) is 4.79 Å². The Bertz CT molecular complexity index is 771. The van der Waals surface area contributed by atoms with Gasteiger partial charge in [-0.15, -0.1) is 12.4 Å². The van der Waals surface area contributed by atoms with Crippen molar-refractivity contribution in [1.29, 1.82) is 0 Å². The average molecular weight is 430 g/mol. The van der Waals surface area contributed by atoms with E-state index in [0.29, 0.717) is 24.6 Å². The molecule has 0 aliphatic carbocycles. The standard InChI is InChI=1S/C20H31N3O3S.ClH/c1-16-6-7-18(27(25,26)23-10-4-3-5-11-23)14-19(16)20(24)22-12-8-17(9-13-22)15-21-2;/h6-7,14,17,21H,3-5,8-13,15H2,1-2H3;1H. The molecule has 0 atom stereocenters. The smallest absolute Gasteiger partial charge is 0.254 e. The lowest BCUT2D eigenvalue weighted by molar-refractivity contribution is 0.0690. The second-order valence-electron chi connectivity index (χ2n) is 7.73. The van der Waals surface area contributed by atoms with Gasteiger partial charge >= 0.3 is 0 Å². The van der Waals surface area contributed by atoms with Crippen molar-refractivity contribution in [2.24, 2.45) is 5.92 Å². The number of halogens is 1. The van der Waals surface area contributed by atoms with E-state index >= 15 is 0 Å². The van der Waals surface area contributed by atoms with Crippen LogP contribution in [0.25, 0.3) is 0 Å². The molecule has 0 aromatic heterocycles. The third-order valence-electron chi connectivity index (χ3n) is 5.79. The first-order chi connectivity index (χ1) is 12.9. The third-order valence-corrected chi connectivity index (χ3v) is 7.68. The molecule has 2 heterocycles. The largest absolute Gasteiger partial charge is 0.339 e. The van der Waals surface area contributed by atoms with Crippen LogP contribution in [-0.2, 0) is 10.0 Å². The number of rotatable bonds is 5. The van der Waals surface area contributed by atoms with Crippen molar-refractivity contribution in [2.75, 3.05) is 39.8 Å². The summed E-state index contributed by atoms with van der Waals surface area (Å²) in [6, 6.07) is 4.98. The highest BCUT2D eigenvalue weighted by Crippen LogP contribution is 2.25. The number of nitrogens with zero attached hydrogens (tertiary/aromatic N) is 2. The van der Waals surface area contributed by atoms with Crippen LogP contribution in [0.3, 0.4) is 0 Å². The first-order valence-electron chi connectivity index (χ1n) is 9.98. The molecule has 2 fully saturated rings. The van der Waals surface area contributed by atoms with Crippen LogP contribution < -0.4 is 5.32 Å². The van der Waals surface area contributed by atoms with E-state index in [9.17, 15) is 13.2 Å². The molecule has 1 amide bonds. The maximum atomic E-state index is 13.0. The fraction of sp³-hybridized carbons (Fsp3) is 0.650. The monoisotopic (exact) mass is 429 g/mol. The highest BCUT2D eigenvalue weighted by Gasteiger charge is 2.29. The van der Waals surface area contributed by atoms with Gasteiger partial charge in [0.25, 0.3) is 5.91 Å². The van der Waals surface area contributed by atoms with E-state index in [-0.39, 0.29) is 23.2 Å². The summed E-state index contributed by atoms with van der Waals surface area (Å²) in [6.07, 6.45) is 4.85. The number of piperidine rings is 2. The fourth-order valence-electron chi connectivity index (χ4n) is 4.05. The number of benzene rings is 1. The lowest BCUT2D eigenvalue weighted by atomic mass is 9.96. The summed E-state index contributed by atoms with van der Waals surface area (Å²) in [5.74, 6) is 0.553. The van der Waals surface area contributed by atoms with Crippen LogP contribution in [-0.4, -0.2) is 63.3 Å². The number of sulfonamides is 1. The summed E-state index contributed by atoms with van der Waals surface area (Å²) in [5.41, 5.74) is 1.34. The molecule has 1 aromatic carbocycles. The van der Waals surface area contributed by atoms with Crippen molar-refractivity contribution in [3.8, 4) is 0 Å². The van der Waals surface area contributed by atoms with Crippen LogP contribution in [0.15, 0.2) is 23.1 Å². The van der Waals surface area contributed by atoms with Crippen LogP contribution in [0.2, 0.25) is 0 Å². The molecule has 3 rings (SSSR count). The van der Waals surface area contributed by atoms with Gasteiger partial charge in [-0.2, -0.15) is 4.31 Å². The summed E-state index contributed by atoms with van der Waals surface area (Å²) in [5, 5.41) is 3.20. The lowest BCUT2D eigenvalue weighted by Gasteiger charge is -2.32. The molecule has 0 saturated carbocycles. The summed E-state index contributed by atoms with van der Waals surface area (Å²) < 4.78 is 27.5. The zero-order chi connectivity index (χ0) is 19.4. The van der Waals surface area contributed by atoms with Crippen molar-refractivity contribution in [3.05, 3.63) is 29.3 Å². The maximum absolute atomic E-state index is 13.0. The van der Waals surface area contributed by atoms with Crippen LogP contribution in [0, 0.1) is 12.8 Å². The normalized spacial score (nSPS) is 19.3. The SMILES string of the molecule is CNCC1CCN(C(=O)c2cc(S(=O)(=O)N3CCCCC3)ccc2C)CC1.Cl. The molecular formula is C20H32ClN3O3S. The van der Waals surface area contributed by atoms with E-state index in [1.54, 1.807) is 22.5 Å². The molecule has 1 aromatic rings. The molecule has 2 aliphatic heterocycles. The van der Waals surface area contributed by atoms with Gasteiger partial charge in [0.05, 0.1) is 4.90 Å². The van der Waals surface area contributed by atoms with Crippen molar-refractivity contribution >= 4 is 28.3 Å². The zero-order valence-corrected chi connectivity index (χ0v) is 18.4. The molecule has 28 heavy (non-hydrogen) atoms. The minimum absolute atomic E-state index is 0. The summed E-state index contributed by atoms with van der Waals surface area (Å²) in [4.78, 5) is 15.1. The van der Waals surface area contributed by atoms with Crippen LogP contribution >= 0.6 is 12.4 Å². The van der Waals surface area contributed by atoms with Crippen LogP contribution in [0.4, 0.5) is 0 Å². The number of amides is 1. The molecule has 0 unspecified atom stereocenters. The topological polar surface area (TPSA) is 69.7 Å². The van der Waals surface area contributed by atoms with E-state index in [1.165, 1.54) is 0 Å². The van der Waals surface area contributed by atoms with E-state index in [4.69, 9.17) is 0 Å². The Morgan fingerprint density at radius 2 is 1.75 bits per heavy atom. The Balaban J connectivity index is 0.00000280. The number of hydrogen-bond acceptors (Lipinski definition) is 4. The van der Waals surface area contributed by atoms with E-state index in [2.05, 4.69) is 5.32 Å². The van der Waals surface area contributed by atoms with Crippen molar-refractivity contribution in [1.82, 2.24) is 14.5 Å². The zero-order valence-electron chi connectivity index (χ0n) is 16.8. The van der Waals surface area contributed by atoms with Gasteiger partial charge in [-0.25, -0.2) is 8.42 Å². The molecule has 6 nitrogen and oxygen atoms in total. The van der Waals surface area contributed by atoms with E-state index < -0.39 is 10.0 Å². The highest BCUT2D eigenvalue weighted by molar-refractivity contribution is 7.89. The maximum Gasteiger partial charge on any atom is 0.254 e. The molecule has 1 N–H and O–H groups in total. The van der Waals surface area contributed by atoms with Crippen LogP contribution in [0.5, 0.6) is 0 Å². The molecule has 158 valence electrons. The highest BCUT2D eigenvalue weighted by atomic mass is 35.5. The molecule has 0 spiro atoms. The second-order valence-corrected chi connectivity index (χ2v) is 9.67. The van der Waals surface area contributed by atoms with Gasteiger partial charge in [-0.1, -0.05) is 12.5 Å². The predicted molar refractivity (Wildman–Crippen MR) is 114 cm³/mol. The first-order valence-corrected chi connectivity index (χ1v) is 11.4. The Hall–Kier alpha value is -1.15. The van der Waals surface area contributed by atoms with Gasteiger partial charge in [0.1, 0.15) is 0 Å². The van der Waals surface area contributed by atoms with Gasteiger partial charge in [0.15, 0.2) is 0 Å². The number of hydrogen-bond donors (Lipinski definition) is 1. The van der Waals surface area contributed by atoms with E-state index in [1.807, 2.05) is 18.9 Å². The minimum atomic E-state index is -3.53. The van der Waals surface area contributed by atoms with Gasteiger partial charge in [0.2, 0.25) is 10.0 Å². The van der Waals surface area contributed by atoms with Crippen molar-refractivity contribution in [2.45, 2.75) is 43.9 Å². The minimum Gasteiger partial charge on any atom is -0.339 e. The summed E-state index contributed by atoms with van der Waals surface area (Å²) in [7, 11) is -1.57.